The number of piperidine rings is 1. The lowest BCUT2D eigenvalue weighted by Crippen LogP contribution is -2.54. The van der Waals surface area contributed by atoms with Crippen LogP contribution in [0.2, 0.25) is 0 Å². The van der Waals surface area contributed by atoms with E-state index in [0.717, 1.165) is 44.2 Å². The van der Waals surface area contributed by atoms with Gasteiger partial charge in [-0.05, 0) is 56.7 Å². The number of benzene rings is 1. The second-order valence-corrected chi connectivity index (χ2v) is 8.67. The van der Waals surface area contributed by atoms with Crippen molar-refractivity contribution >= 4 is 11.8 Å². The maximum absolute atomic E-state index is 13.4. The molecule has 3 aliphatic rings. The minimum atomic E-state index is -0.411. The second-order valence-electron chi connectivity index (χ2n) is 8.67. The lowest BCUT2D eigenvalue weighted by atomic mass is 9.77. The maximum atomic E-state index is 13.4. The van der Waals surface area contributed by atoms with E-state index in [-0.39, 0.29) is 17.6 Å². The summed E-state index contributed by atoms with van der Waals surface area (Å²) in [5.41, 5.74) is 0.851. The highest BCUT2D eigenvalue weighted by molar-refractivity contribution is 5.98. The minimum Gasteiger partial charge on any atom is -0.507 e. The van der Waals surface area contributed by atoms with Gasteiger partial charge < -0.3 is 14.9 Å². The molecule has 1 aromatic carbocycles. The van der Waals surface area contributed by atoms with Crippen LogP contribution in [0.3, 0.4) is 0 Å². The fourth-order valence-corrected chi connectivity index (χ4v) is 5.26. The molecule has 1 atom stereocenters. The zero-order valence-corrected chi connectivity index (χ0v) is 16.2. The predicted octanol–water partition coefficient (Wildman–Crippen LogP) is 3.49. The highest BCUT2D eigenvalue weighted by Crippen LogP contribution is 2.42. The molecule has 4 rings (SSSR count). The number of nitrogens with zero attached hydrogens (tertiary/aromatic N) is 2. The van der Waals surface area contributed by atoms with Crippen LogP contribution in [-0.4, -0.2) is 52.4 Å². The molecular formula is C22H30N2O3. The van der Waals surface area contributed by atoms with Crippen LogP contribution in [0.25, 0.3) is 0 Å². The number of amides is 2. The number of rotatable bonds is 2. The van der Waals surface area contributed by atoms with Crippen LogP contribution in [0.4, 0.5) is 0 Å². The number of hydrogen-bond donors (Lipinski definition) is 1. The Hall–Kier alpha value is -2.04. The van der Waals surface area contributed by atoms with Crippen molar-refractivity contribution < 1.29 is 14.7 Å². The summed E-state index contributed by atoms with van der Waals surface area (Å²) >= 11 is 0. The summed E-state index contributed by atoms with van der Waals surface area (Å²) in [6, 6.07) is 5.55. The van der Waals surface area contributed by atoms with E-state index in [2.05, 4.69) is 4.90 Å². The average molecular weight is 370 g/mol. The Morgan fingerprint density at radius 2 is 1.89 bits per heavy atom. The van der Waals surface area contributed by atoms with Crippen LogP contribution >= 0.6 is 0 Å². The fourth-order valence-electron chi connectivity index (χ4n) is 5.26. The maximum Gasteiger partial charge on any atom is 0.257 e. The molecule has 3 fully saturated rings. The number of aryl methyl sites for hydroxylation is 1. The lowest BCUT2D eigenvalue weighted by Gasteiger charge is -2.44. The van der Waals surface area contributed by atoms with Crippen molar-refractivity contribution in [3.63, 3.8) is 0 Å². The lowest BCUT2D eigenvalue weighted by molar-refractivity contribution is -0.149. The Morgan fingerprint density at radius 1 is 1.11 bits per heavy atom. The number of phenols is 1. The smallest absolute Gasteiger partial charge is 0.257 e. The van der Waals surface area contributed by atoms with Crippen LogP contribution in [0.15, 0.2) is 18.2 Å². The largest absolute Gasteiger partial charge is 0.507 e. The van der Waals surface area contributed by atoms with Crippen molar-refractivity contribution in [2.45, 2.75) is 64.3 Å². The summed E-state index contributed by atoms with van der Waals surface area (Å²) in [6.45, 7) is 3.84. The molecule has 146 valence electrons. The van der Waals surface area contributed by atoms with Crippen molar-refractivity contribution in [1.82, 2.24) is 9.80 Å². The molecule has 5 nitrogen and oxygen atoms in total. The number of hydrogen-bond acceptors (Lipinski definition) is 3. The monoisotopic (exact) mass is 370 g/mol. The van der Waals surface area contributed by atoms with Gasteiger partial charge in [0.1, 0.15) is 5.75 Å². The van der Waals surface area contributed by atoms with Crippen LogP contribution < -0.4 is 0 Å². The van der Waals surface area contributed by atoms with Gasteiger partial charge in [0.25, 0.3) is 5.91 Å². The summed E-state index contributed by atoms with van der Waals surface area (Å²) in [4.78, 5) is 30.2. The Labute approximate surface area is 161 Å². The SMILES string of the molecule is Cc1ccc(C(=O)N2CC[C@@]3(CCCN(C4CCCCC4)C3=O)C2)c(O)c1. The molecule has 0 bridgehead atoms. The summed E-state index contributed by atoms with van der Waals surface area (Å²) in [5, 5.41) is 10.2. The van der Waals surface area contributed by atoms with Crippen molar-refractivity contribution in [1.29, 1.82) is 0 Å². The van der Waals surface area contributed by atoms with Gasteiger partial charge in [0.05, 0.1) is 11.0 Å². The zero-order valence-electron chi connectivity index (χ0n) is 16.2. The molecule has 0 radical (unpaired) electrons. The highest BCUT2D eigenvalue weighted by Gasteiger charge is 2.50. The number of phenolic OH excluding ortho intramolecular Hbond substituents is 1. The van der Waals surface area contributed by atoms with Gasteiger partial charge in [-0.25, -0.2) is 0 Å². The normalized spacial score (nSPS) is 26.8. The van der Waals surface area contributed by atoms with Gasteiger partial charge in [-0.15, -0.1) is 0 Å². The van der Waals surface area contributed by atoms with E-state index >= 15 is 0 Å². The van der Waals surface area contributed by atoms with Crippen molar-refractivity contribution in [3.05, 3.63) is 29.3 Å². The molecular weight excluding hydrogens is 340 g/mol. The van der Waals surface area contributed by atoms with Crippen molar-refractivity contribution in [2.24, 2.45) is 5.41 Å². The number of aromatic hydroxyl groups is 1. The second kappa shape index (κ2) is 7.17. The Morgan fingerprint density at radius 3 is 2.63 bits per heavy atom. The van der Waals surface area contributed by atoms with E-state index in [0.29, 0.717) is 24.7 Å². The molecule has 1 aromatic rings. The first-order valence-corrected chi connectivity index (χ1v) is 10.4. The van der Waals surface area contributed by atoms with Gasteiger partial charge in [-0.2, -0.15) is 0 Å². The zero-order chi connectivity index (χ0) is 19.0. The molecule has 27 heavy (non-hydrogen) atoms. The molecule has 0 aromatic heterocycles. The van der Waals surface area contributed by atoms with Gasteiger partial charge in [-0.3, -0.25) is 9.59 Å². The third-order valence-corrected chi connectivity index (χ3v) is 6.81. The first-order valence-electron chi connectivity index (χ1n) is 10.4. The Kier molecular flexibility index (Phi) is 4.87. The summed E-state index contributed by atoms with van der Waals surface area (Å²) in [7, 11) is 0. The number of carbonyl (C=O) groups excluding carboxylic acids is 2. The molecule has 0 unspecified atom stereocenters. The van der Waals surface area contributed by atoms with E-state index in [9.17, 15) is 14.7 Å². The Bertz CT molecular complexity index is 741. The van der Waals surface area contributed by atoms with Gasteiger partial charge in [-0.1, -0.05) is 25.3 Å². The van der Waals surface area contributed by atoms with Gasteiger partial charge in [0.15, 0.2) is 0 Å². The summed E-state index contributed by atoms with van der Waals surface area (Å²) < 4.78 is 0. The first kappa shape index (κ1) is 18.3. The third kappa shape index (κ3) is 3.32. The molecule has 2 aliphatic heterocycles. The summed E-state index contributed by atoms with van der Waals surface area (Å²) in [6.07, 6.45) is 8.62. The van der Waals surface area contributed by atoms with Crippen LogP contribution in [0, 0.1) is 12.3 Å². The number of carbonyl (C=O) groups is 2. The molecule has 1 N–H and O–H groups in total. The molecule has 5 heteroatoms. The standard InChI is InChI=1S/C22H30N2O3/c1-16-8-9-18(19(25)14-16)20(26)23-13-11-22(15-23)10-5-12-24(21(22)27)17-6-3-2-4-7-17/h8-9,14,17,25H,2-7,10-13,15H2,1H3/t22-/m0/s1. The van der Waals surface area contributed by atoms with Crippen LogP contribution in [0.1, 0.15) is 67.3 Å². The highest BCUT2D eigenvalue weighted by atomic mass is 16.3. The number of likely N-dealkylation sites (tertiary alicyclic amines) is 2. The predicted molar refractivity (Wildman–Crippen MR) is 104 cm³/mol. The van der Waals surface area contributed by atoms with E-state index in [1.807, 2.05) is 13.0 Å². The quantitative estimate of drug-likeness (QED) is 0.867. The van der Waals surface area contributed by atoms with Gasteiger partial charge in [0.2, 0.25) is 5.91 Å². The molecule has 2 saturated heterocycles. The molecule has 2 heterocycles. The van der Waals surface area contributed by atoms with Crippen molar-refractivity contribution in [2.75, 3.05) is 19.6 Å². The molecule has 2 amide bonds. The van der Waals surface area contributed by atoms with E-state index in [1.54, 1.807) is 17.0 Å². The average Bonchev–Trinajstić information content (AvgIpc) is 3.09. The van der Waals surface area contributed by atoms with E-state index in [1.165, 1.54) is 19.3 Å². The Balaban J connectivity index is 1.50. The molecule has 1 saturated carbocycles. The third-order valence-electron chi connectivity index (χ3n) is 6.81. The fraction of sp³-hybridized carbons (Fsp3) is 0.636. The molecule has 1 spiro atoms. The van der Waals surface area contributed by atoms with Gasteiger partial charge >= 0.3 is 0 Å². The van der Waals surface area contributed by atoms with Crippen LogP contribution in [-0.2, 0) is 4.79 Å². The first-order chi connectivity index (χ1) is 13.0. The van der Waals surface area contributed by atoms with E-state index in [4.69, 9.17) is 0 Å². The minimum absolute atomic E-state index is 0.0275. The summed E-state index contributed by atoms with van der Waals surface area (Å²) in [5.74, 6) is 0.135. The van der Waals surface area contributed by atoms with Gasteiger partial charge in [0, 0.05) is 25.7 Å². The van der Waals surface area contributed by atoms with Crippen molar-refractivity contribution in [3.8, 4) is 5.75 Å². The topological polar surface area (TPSA) is 60.9 Å². The van der Waals surface area contributed by atoms with Crippen LogP contribution in [0.5, 0.6) is 5.75 Å². The van der Waals surface area contributed by atoms with E-state index < -0.39 is 5.41 Å². The molecule has 1 aliphatic carbocycles.